The zero-order valence-electron chi connectivity index (χ0n) is 20.2. The zero-order valence-corrected chi connectivity index (χ0v) is 20.2. The lowest BCUT2D eigenvalue weighted by atomic mass is 9.84. The number of rotatable bonds is 8. The number of nitrogens with zero attached hydrogens (tertiary/aromatic N) is 2. The minimum Gasteiger partial charge on any atom is -0.507 e. The van der Waals surface area contributed by atoms with Gasteiger partial charge in [0.1, 0.15) is 11.5 Å². The van der Waals surface area contributed by atoms with Gasteiger partial charge in [-0.05, 0) is 48.6 Å². The topological polar surface area (TPSA) is 79.7 Å². The van der Waals surface area contributed by atoms with Crippen molar-refractivity contribution in [3.63, 3.8) is 0 Å². The number of unbranched alkanes of at least 4 members (excludes halogenated alkanes) is 2. The fourth-order valence-electron chi connectivity index (χ4n) is 4.23. The van der Waals surface area contributed by atoms with Gasteiger partial charge in [0.25, 0.3) is 11.7 Å². The summed E-state index contributed by atoms with van der Waals surface area (Å²) in [6.07, 6.45) is 6.04. The van der Waals surface area contributed by atoms with Crippen LogP contribution in [-0.2, 0) is 15.0 Å². The molecule has 3 rings (SSSR count). The van der Waals surface area contributed by atoms with Crippen molar-refractivity contribution in [1.82, 2.24) is 9.88 Å². The number of hydrogen-bond acceptors (Lipinski definition) is 5. The van der Waals surface area contributed by atoms with Gasteiger partial charge < -0.3 is 14.7 Å². The van der Waals surface area contributed by atoms with Crippen LogP contribution in [-0.4, -0.2) is 39.8 Å². The summed E-state index contributed by atoms with van der Waals surface area (Å²) in [6, 6.07) is 8.35. The number of likely N-dealkylation sites (tertiary alicyclic amines) is 1. The predicted molar refractivity (Wildman–Crippen MR) is 129 cm³/mol. The summed E-state index contributed by atoms with van der Waals surface area (Å²) in [5.74, 6) is -0.674. The maximum absolute atomic E-state index is 13.1. The zero-order chi connectivity index (χ0) is 24.2. The molecule has 1 saturated heterocycles. The second kappa shape index (κ2) is 10.2. The van der Waals surface area contributed by atoms with Crippen molar-refractivity contribution < 1.29 is 19.4 Å². The molecule has 1 unspecified atom stereocenters. The van der Waals surface area contributed by atoms with Crippen molar-refractivity contribution in [3.05, 3.63) is 65.0 Å². The number of aliphatic hydroxyl groups excluding tert-OH is 1. The third-order valence-corrected chi connectivity index (χ3v) is 5.90. The van der Waals surface area contributed by atoms with Gasteiger partial charge in [-0.2, -0.15) is 0 Å². The molecule has 2 heterocycles. The number of carbonyl (C=O) groups excluding carboxylic acids is 2. The first-order valence-corrected chi connectivity index (χ1v) is 11.7. The van der Waals surface area contributed by atoms with Crippen molar-refractivity contribution in [2.24, 2.45) is 0 Å². The lowest BCUT2D eigenvalue weighted by molar-refractivity contribution is -0.139. The molecule has 2 aromatic rings. The highest BCUT2D eigenvalue weighted by atomic mass is 16.5. The maximum Gasteiger partial charge on any atom is 0.295 e. The Bertz CT molecular complexity index is 1040. The van der Waals surface area contributed by atoms with E-state index in [0.29, 0.717) is 24.3 Å². The van der Waals surface area contributed by atoms with Crippen LogP contribution in [0, 0.1) is 0 Å². The van der Waals surface area contributed by atoms with Crippen LogP contribution in [0.3, 0.4) is 0 Å². The van der Waals surface area contributed by atoms with E-state index in [1.54, 1.807) is 29.4 Å². The van der Waals surface area contributed by atoms with Gasteiger partial charge in [0, 0.05) is 30.1 Å². The van der Waals surface area contributed by atoms with Crippen LogP contribution in [0.2, 0.25) is 0 Å². The molecule has 33 heavy (non-hydrogen) atoms. The second-order valence-electron chi connectivity index (χ2n) is 9.38. The average molecular weight is 451 g/mol. The molecule has 1 atom stereocenters. The van der Waals surface area contributed by atoms with Crippen LogP contribution >= 0.6 is 0 Å². The Morgan fingerprint density at radius 3 is 2.52 bits per heavy atom. The minimum absolute atomic E-state index is 0.105. The van der Waals surface area contributed by atoms with E-state index in [1.807, 2.05) is 25.1 Å². The molecule has 1 N–H and O–H groups in total. The number of aromatic nitrogens is 1. The first-order chi connectivity index (χ1) is 15.7. The fraction of sp³-hybridized carbons (Fsp3) is 0.444. The Kier molecular flexibility index (Phi) is 7.57. The molecule has 0 bridgehead atoms. The molecular formula is C27H34N2O4. The number of carbonyl (C=O) groups is 2. The van der Waals surface area contributed by atoms with Crippen molar-refractivity contribution in [2.45, 2.75) is 65.3 Å². The van der Waals surface area contributed by atoms with E-state index >= 15 is 0 Å². The third-order valence-electron chi connectivity index (χ3n) is 5.90. The van der Waals surface area contributed by atoms with Crippen molar-refractivity contribution in [3.8, 4) is 5.75 Å². The number of hydrogen-bond donors (Lipinski definition) is 1. The molecule has 0 aliphatic carbocycles. The van der Waals surface area contributed by atoms with Gasteiger partial charge in [-0.25, -0.2) is 0 Å². The Morgan fingerprint density at radius 1 is 1.15 bits per heavy atom. The van der Waals surface area contributed by atoms with Gasteiger partial charge in [0.05, 0.1) is 18.2 Å². The summed E-state index contributed by atoms with van der Waals surface area (Å²) in [5.41, 5.74) is 1.98. The molecule has 0 spiro atoms. The molecular weight excluding hydrogens is 416 g/mol. The van der Waals surface area contributed by atoms with Gasteiger partial charge in [-0.1, -0.05) is 46.6 Å². The Labute approximate surface area is 196 Å². The first kappa shape index (κ1) is 24.5. The number of aliphatic hydroxyl groups is 1. The lowest BCUT2D eigenvalue weighted by Gasteiger charge is -2.26. The molecule has 1 aliphatic rings. The molecule has 6 heteroatoms. The standard InChI is InChI=1S/C27H34N2O4/c1-6-8-9-15-29-23(19-11-10-14-28-17-19)22(25(31)26(29)32)24(30)18-12-13-21(33-7-2)20(16-18)27(3,4)5/h10-14,16-17,23,30H,6-9,15H2,1-5H3/b24-22-. The van der Waals surface area contributed by atoms with Crippen LogP contribution in [0.25, 0.3) is 5.76 Å². The van der Waals surface area contributed by atoms with E-state index in [2.05, 4.69) is 32.7 Å². The summed E-state index contributed by atoms with van der Waals surface area (Å²) in [6.45, 7) is 11.2. The highest BCUT2D eigenvalue weighted by Gasteiger charge is 2.46. The lowest BCUT2D eigenvalue weighted by Crippen LogP contribution is -2.30. The third kappa shape index (κ3) is 5.10. The van der Waals surface area contributed by atoms with E-state index < -0.39 is 17.7 Å². The summed E-state index contributed by atoms with van der Waals surface area (Å²) in [7, 11) is 0. The molecule has 1 aromatic carbocycles. The van der Waals surface area contributed by atoms with Crippen LogP contribution in [0.1, 0.15) is 76.6 Å². The maximum atomic E-state index is 13.1. The monoisotopic (exact) mass is 450 g/mol. The molecule has 176 valence electrons. The highest BCUT2D eigenvalue weighted by Crippen LogP contribution is 2.41. The predicted octanol–water partition coefficient (Wildman–Crippen LogP) is 5.39. The molecule has 0 radical (unpaired) electrons. The summed E-state index contributed by atoms with van der Waals surface area (Å²) in [4.78, 5) is 31.9. The number of ether oxygens (including phenoxy) is 1. The van der Waals surface area contributed by atoms with Crippen LogP contribution in [0.4, 0.5) is 0 Å². The van der Waals surface area contributed by atoms with E-state index in [-0.39, 0.29) is 16.7 Å². The van der Waals surface area contributed by atoms with Gasteiger partial charge in [-0.3, -0.25) is 14.6 Å². The van der Waals surface area contributed by atoms with Crippen LogP contribution < -0.4 is 4.74 Å². The van der Waals surface area contributed by atoms with Crippen molar-refractivity contribution >= 4 is 17.4 Å². The molecule has 1 amide bonds. The SMILES string of the molecule is CCCCCN1C(=O)C(=O)/C(=C(\O)c2ccc(OCC)c(C(C)(C)C)c2)C1c1cccnc1. The largest absolute Gasteiger partial charge is 0.507 e. The summed E-state index contributed by atoms with van der Waals surface area (Å²) < 4.78 is 5.79. The van der Waals surface area contributed by atoms with Crippen molar-refractivity contribution in [1.29, 1.82) is 0 Å². The van der Waals surface area contributed by atoms with Gasteiger partial charge in [0.15, 0.2) is 0 Å². The van der Waals surface area contributed by atoms with Crippen LogP contribution in [0.15, 0.2) is 48.3 Å². The van der Waals surface area contributed by atoms with Gasteiger partial charge in [-0.15, -0.1) is 0 Å². The minimum atomic E-state index is -0.666. The molecule has 6 nitrogen and oxygen atoms in total. The number of pyridine rings is 1. The van der Waals surface area contributed by atoms with Crippen LogP contribution in [0.5, 0.6) is 5.75 Å². The Morgan fingerprint density at radius 2 is 1.91 bits per heavy atom. The van der Waals surface area contributed by atoms with E-state index in [1.165, 1.54) is 0 Å². The molecule has 1 fully saturated rings. The van der Waals surface area contributed by atoms with Crippen molar-refractivity contribution in [2.75, 3.05) is 13.2 Å². The van der Waals surface area contributed by atoms with Gasteiger partial charge >= 0.3 is 0 Å². The van der Waals surface area contributed by atoms with E-state index in [0.717, 1.165) is 30.6 Å². The normalized spacial score (nSPS) is 18.1. The Hall–Kier alpha value is -3.15. The highest BCUT2D eigenvalue weighted by molar-refractivity contribution is 6.46. The molecule has 1 aromatic heterocycles. The quantitative estimate of drug-likeness (QED) is 0.252. The second-order valence-corrected chi connectivity index (χ2v) is 9.38. The van der Waals surface area contributed by atoms with Gasteiger partial charge in [0.2, 0.25) is 0 Å². The summed E-state index contributed by atoms with van der Waals surface area (Å²) in [5, 5.41) is 11.4. The van der Waals surface area contributed by atoms with E-state index in [9.17, 15) is 14.7 Å². The Balaban J connectivity index is 2.15. The molecule has 1 aliphatic heterocycles. The summed E-state index contributed by atoms with van der Waals surface area (Å²) >= 11 is 0. The average Bonchev–Trinajstić information content (AvgIpc) is 3.04. The molecule has 0 saturated carbocycles. The number of benzene rings is 1. The number of ketones is 1. The number of Topliss-reactive ketones (excluding diaryl/α,β-unsaturated/α-hetero) is 1. The fourth-order valence-corrected chi connectivity index (χ4v) is 4.23. The smallest absolute Gasteiger partial charge is 0.295 e. The first-order valence-electron chi connectivity index (χ1n) is 11.7. The number of amides is 1. The van der Waals surface area contributed by atoms with E-state index in [4.69, 9.17) is 4.74 Å².